The van der Waals surface area contributed by atoms with Crippen molar-refractivity contribution in [1.29, 1.82) is 0 Å². The fourth-order valence-electron chi connectivity index (χ4n) is 0.978. The molecule has 0 aliphatic carbocycles. The van der Waals surface area contributed by atoms with Gasteiger partial charge in [0.2, 0.25) is 0 Å². The molecule has 13 heavy (non-hydrogen) atoms. The van der Waals surface area contributed by atoms with E-state index in [1.807, 2.05) is 31.0 Å². The summed E-state index contributed by atoms with van der Waals surface area (Å²) in [6.45, 7) is 2.85. The van der Waals surface area contributed by atoms with E-state index in [0.29, 0.717) is 6.54 Å². The van der Waals surface area contributed by atoms with E-state index in [4.69, 9.17) is 9.52 Å². The standard InChI is InChI=1S/C9H14BrNO2/c1-7(6-12)11(2)5-8-3-4-9(10)13-8/h3-4,7,12H,5-6H2,1-2H3. The fraction of sp³-hybridized carbons (Fsp3) is 0.556. The Balaban J connectivity index is 2.49. The van der Waals surface area contributed by atoms with Gasteiger partial charge >= 0.3 is 0 Å². The van der Waals surface area contributed by atoms with E-state index in [1.165, 1.54) is 0 Å². The zero-order valence-corrected chi connectivity index (χ0v) is 9.41. The van der Waals surface area contributed by atoms with Crippen molar-refractivity contribution in [3.05, 3.63) is 22.6 Å². The second-order valence-electron chi connectivity index (χ2n) is 3.15. The van der Waals surface area contributed by atoms with Gasteiger partial charge in [0.05, 0.1) is 13.2 Å². The molecule has 0 spiro atoms. The van der Waals surface area contributed by atoms with Crippen LogP contribution in [0.1, 0.15) is 12.7 Å². The van der Waals surface area contributed by atoms with Crippen molar-refractivity contribution in [3.8, 4) is 0 Å². The maximum Gasteiger partial charge on any atom is 0.169 e. The van der Waals surface area contributed by atoms with E-state index in [-0.39, 0.29) is 12.6 Å². The molecule has 0 saturated carbocycles. The average Bonchev–Trinajstić information content (AvgIpc) is 2.49. The molecular formula is C9H14BrNO2. The third-order valence-electron chi connectivity index (χ3n) is 2.05. The van der Waals surface area contributed by atoms with E-state index in [0.717, 1.165) is 10.4 Å². The number of hydrogen-bond acceptors (Lipinski definition) is 3. The maximum absolute atomic E-state index is 8.91. The minimum atomic E-state index is 0.156. The highest BCUT2D eigenvalue weighted by molar-refractivity contribution is 9.10. The second-order valence-corrected chi connectivity index (χ2v) is 3.93. The predicted octanol–water partition coefficient (Wildman–Crippen LogP) is 1.85. The van der Waals surface area contributed by atoms with Crippen LogP contribution < -0.4 is 0 Å². The summed E-state index contributed by atoms with van der Waals surface area (Å²) in [6.07, 6.45) is 0. The van der Waals surface area contributed by atoms with Crippen LogP contribution >= 0.6 is 15.9 Å². The predicted molar refractivity (Wildman–Crippen MR) is 54.4 cm³/mol. The molecule has 3 nitrogen and oxygen atoms in total. The molecule has 1 atom stereocenters. The molecule has 0 aromatic carbocycles. The third-order valence-corrected chi connectivity index (χ3v) is 2.48. The molecule has 4 heteroatoms. The van der Waals surface area contributed by atoms with E-state index >= 15 is 0 Å². The largest absolute Gasteiger partial charge is 0.453 e. The summed E-state index contributed by atoms with van der Waals surface area (Å²) in [5.74, 6) is 0.898. The first-order valence-corrected chi connectivity index (χ1v) is 4.98. The molecule has 1 aromatic rings. The number of likely N-dealkylation sites (N-methyl/N-ethyl adjacent to an activating group) is 1. The van der Waals surface area contributed by atoms with Crippen molar-refractivity contribution >= 4 is 15.9 Å². The van der Waals surface area contributed by atoms with Crippen LogP contribution in [-0.2, 0) is 6.54 Å². The summed E-state index contributed by atoms with van der Waals surface area (Å²) < 4.78 is 6.09. The van der Waals surface area contributed by atoms with Gasteiger partial charge in [0.25, 0.3) is 0 Å². The highest BCUT2D eigenvalue weighted by atomic mass is 79.9. The Kier molecular flexibility index (Phi) is 3.96. The zero-order chi connectivity index (χ0) is 9.84. The molecule has 1 N–H and O–H groups in total. The summed E-state index contributed by atoms with van der Waals surface area (Å²) >= 11 is 3.24. The maximum atomic E-state index is 8.91. The van der Waals surface area contributed by atoms with Crippen molar-refractivity contribution in [3.63, 3.8) is 0 Å². The lowest BCUT2D eigenvalue weighted by atomic mass is 10.3. The van der Waals surface area contributed by atoms with E-state index in [2.05, 4.69) is 15.9 Å². The molecule has 0 amide bonds. The van der Waals surface area contributed by atoms with Crippen molar-refractivity contribution in [2.24, 2.45) is 0 Å². The second kappa shape index (κ2) is 4.79. The fourth-order valence-corrected chi connectivity index (χ4v) is 1.32. The molecule has 74 valence electrons. The Bertz CT molecular complexity index is 262. The van der Waals surface area contributed by atoms with E-state index in [9.17, 15) is 0 Å². The number of nitrogens with zero attached hydrogens (tertiary/aromatic N) is 1. The van der Waals surface area contributed by atoms with Crippen LogP contribution in [0, 0.1) is 0 Å². The lowest BCUT2D eigenvalue weighted by Gasteiger charge is -2.21. The molecule has 0 saturated heterocycles. The summed E-state index contributed by atoms with van der Waals surface area (Å²) in [5, 5.41) is 8.91. The number of aliphatic hydroxyl groups excluding tert-OH is 1. The molecule has 0 radical (unpaired) electrons. The monoisotopic (exact) mass is 247 g/mol. The molecule has 0 aliphatic rings. The van der Waals surface area contributed by atoms with Gasteiger partial charge in [-0.2, -0.15) is 0 Å². The molecule has 1 heterocycles. The zero-order valence-electron chi connectivity index (χ0n) is 7.83. The Labute approximate surface area is 86.5 Å². The molecular weight excluding hydrogens is 234 g/mol. The number of furan rings is 1. The van der Waals surface area contributed by atoms with Crippen LogP contribution in [0.2, 0.25) is 0 Å². The van der Waals surface area contributed by atoms with Gasteiger partial charge in [0.15, 0.2) is 4.67 Å². The quantitative estimate of drug-likeness (QED) is 0.883. The summed E-state index contributed by atoms with van der Waals surface area (Å²) in [6, 6.07) is 3.95. The topological polar surface area (TPSA) is 36.6 Å². The van der Waals surface area contributed by atoms with Gasteiger partial charge in [0, 0.05) is 6.04 Å². The van der Waals surface area contributed by atoms with Gasteiger partial charge in [-0.05, 0) is 42.0 Å². The highest BCUT2D eigenvalue weighted by Gasteiger charge is 2.09. The lowest BCUT2D eigenvalue weighted by Crippen LogP contribution is -2.31. The average molecular weight is 248 g/mol. The summed E-state index contributed by atoms with van der Waals surface area (Å²) in [5.41, 5.74) is 0. The number of rotatable bonds is 4. The minimum absolute atomic E-state index is 0.156. The Morgan fingerprint density at radius 3 is 2.77 bits per heavy atom. The van der Waals surface area contributed by atoms with Gasteiger partial charge in [-0.3, -0.25) is 4.90 Å². The molecule has 1 rings (SSSR count). The number of aliphatic hydroxyl groups is 1. The van der Waals surface area contributed by atoms with Gasteiger partial charge in [0.1, 0.15) is 5.76 Å². The molecule has 1 aromatic heterocycles. The molecule has 0 aliphatic heterocycles. The number of halogens is 1. The van der Waals surface area contributed by atoms with Crippen LogP contribution in [0.25, 0.3) is 0 Å². The van der Waals surface area contributed by atoms with Crippen LogP contribution in [0.4, 0.5) is 0 Å². The van der Waals surface area contributed by atoms with Gasteiger partial charge in [-0.15, -0.1) is 0 Å². The SMILES string of the molecule is CC(CO)N(C)Cc1ccc(Br)o1. The molecule has 0 fully saturated rings. The van der Waals surface area contributed by atoms with Crippen molar-refractivity contribution in [1.82, 2.24) is 4.90 Å². The summed E-state index contributed by atoms with van der Waals surface area (Å²) in [7, 11) is 1.96. The normalized spacial score (nSPS) is 13.6. The van der Waals surface area contributed by atoms with E-state index < -0.39 is 0 Å². The Morgan fingerprint density at radius 2 is 2.31 bits per heavy atom. The van der Waals surface area contributed by atoms with Crippen LogP contribution in [-0.4, -0.2) is 29.7 Å². The summed E-state index contributed by atoms with van der Waals surface area (Å²) in [4.78, 5) is 2.03. The first kappa shape index (κ1) is 10.8. The van der Waals surface area contributed by atoms with E-state index in [1.54, 1.807) is 0 Å². The molecule has 1 unspecified atom stereocenters. The highest BCUT2D eigenvalue weighted by Crippen LogP contribution is 2.15. The minimum Gasteiger partial charge on any atom is -0.453 e. The Hall–Kier alpha value is -0.320. The van der Waals surface area contributed by atoms with Gasteiger partial charge in [-0.25, -0.2) is 0 Å². The third kappa shape index (κ3) is 3.14. The first-order valence-electron chi connectivity index (χ1n) is 4.18. The van der Waals surface area contributed by atoms with Crippen LogP contribution in [0.3, 0.4) is 0 Å². The Morgan fingerprint density at radius 1 is 1.62 bits per heavy atom. The molecule has 0 bridgehead atoms. The smallest absolute Gasteiger partial charge is 0.169 e. The lowest BCUT2D eigenvalue weighted by molar-refractivity contribution is 0.146. The number of hydrogen-bond donors (Lipinski definition) is 1. The van der Waals surface area contributed by atoms with Crippen molar-refractivity contribution < 1.29 is 9.52 Å². The van der Waals surface area contributed by atoms with Gasteiger partial charge < -0.3 is 9.52 Å². The van der Waals surface area contributed by atoms with Crippen LogP contribution in [0.15, 0.2) is 21.2 Å². The van der Waals surface area contributed by atoms with Crippen molar-refractivity contribution in [2.45, 2.75) is 19.5 Å². The van der Waals surface area contributed by atoms with Crippen LogP contribution in [0.5, 0.6) is 0 Å². The van der Waals surface area contributed by atoms with Gasteiger partial charge in [-0.1, -0.05) is 0 Å². The van der Waals surface area contributed by atoms with Crippen molar-refractivity contribution in [2.75, 3.05) is 13.7 Å². The first-order chi connectivity index (χ1) is 6.13.